The Kier molecular flexibility index (Phi) is 16.7. The van der Waals surface area contributed by atoms with Crippen LogP contribution in [0.3, 0.4) is 0 Å². The normalized spacial score (nSPS) is 13.6. The van der Waals surface area contributed by atoms with Gasteiger partial charge in [0, 0.05) is 113 Å². The summed E-state index contributed by atoms with van der Waals surface area (Å²) in [4.78, 5) is 96.2. The number of para-hydroxylation sites is 3. The Hall–Kier alpha value is -9.66. The lowest BCUT2D eigenvalue weighted by atomic mass is 9.83. The molecule has 3 atom stereocenters. The molecule has 15 nitrogen and oxygen atoms in total. The largest absolute Gasteiger partial charge is 0.361 e. The number of benzene rings is 6. The molecule has 440 valence electrons. The van der Waals surface area contributed by atoms with E-state index in [1.54, 1.807) is 55.0 Å². The first-order valence-electron chi connectivity index (χ1n) is 28.5. The first-order valence-corrected chi connectivity index (χ1v) is 31.4. The standard InChI is InChI=1S/C70H61N9O6S3/c71-68(61(80)31-43-25-28-86-40-43,34-49-37-74-58-10-4-1-7-55(49)58)65(83)77-52-19-13-46(14-20-52)64(47-15-21-53(22-16-47)78-66(84)69(72,62(81)32-44-26-29-87-41-44)35-50-38-75-59-11-5-2-8-56(50)59)48-17-23-54(24-18-48)79-67(85)70(73,63(82)33-45-27-30-88-42-45)36-51-39-76-60-12-6-3-9-57(51)60/h1-30,37-42,64,74-76H,31-36,71-73H2,(H,77,83)(H,78,84)(H,79,85)/t68-,69-,70-/m1/s1. The molecule has 0 aliphatic carbocycles. The van der Waals surface area contributed by atoms with E-state index < -0.39 is 57.6 Å². The van der Waals surface area contributed by atoms with Crippen LogP contribution in [0.1, 0.15) is 56.0 Å². The van der Waals surface area contributed by atoms with Crippen molar-refractivity contribution in [3.05, 3.63) is 265 Å². The molecule has 0 unspecified atom stereocenters. The van der Waals surface area contributed by atoms with Gasteiger partial charge in [-0.1, -0.05) is 91.0 Å². The van der Waals surface area contributed by atoms with E-state index in [1.165, 1.54) is 34.0 Å². The highest BCUT2D eigenvalue weighted by atomic mass is 32.1. The SMILES string of the molecule is N[C@](Cc1c[nH]c2ccccc12)(C(=O)Cc1ccsc1)C(=O)Nc1ccc(C(c2ccc(NC(=O)[C@@](N)(Cc3c[nH]c4ccccc34)C(=O)Cc3ccsc3)cc2)c2ccc(NC(=O)[C@@](N)(Cc3c[nH]c4ccccc34)C(=O)Cc3ccsc3)cc2)cc1. The van der Waals surface area contributed by atoms with Crippen molar-refractivity contribution in [2.45, 2.75) is 61.1 Å². The van der Waals surface area contributed by atoms with Gasteiger partial charge in [0.2, 0.25) is 0 Å². The quantitative estimate of drug-likeness (QED) is 0.0205. The first kappa shape index (κ1) is 58.7. The van der Waals surface area contributed by atoms with E-state index in [2.05, 4.69) is 30.9 Å². The van der Waals surface area contributed by atoms with Crippen molar-refractivity contribution < 1.29 is 28.8 Å². The van der Waals surface area contributed by atoms with Crippen molar-refractivity contribution in [1.82, 2.24) is 15.0 Å². The minimum Gasteiger partial charge on any atom is -0.361 e. The van der Waals surface area contributed by atoms with Crippen LogP contribution in [0.25, 0.3) is 32.7 Å². The second-order valence-corrected chi connectivity index (χ2v) is 24.7. The molecule has 0 saturated carbocycles. The molecule has 12 N–H and O–H groups in total. The second-order valence-electron chi connectivity index (χ2n) is 22.4. The van der Waals surface area contributed by atoms with Crippen molar-refractivity contribution in [3.8, 4) is 0 Å². The van der Waals surface area contributed by atoms with Crippen LogP contribution in [-0.4, -0.2) is 66.6 Å². The Balaban J connectivity index is 0.843. The third-order valence-electron chi connectivity index (χ3n) is 16.5. The number of hydrogen-bond donors (Lipinski definition) is 9. The molecule has 0 spiro atoms. The Labute approximate surface area is 518 Å². The van der Waals surface area contributed by atoms with Gasteiger partial charge in [-0.15, -0.1) is 0 Å². The molecular formula is C70H61N9O6S3. The van der Waals surface area contributed by atoms with Crippen LogP contribution < -0.4 is 33.2 Å². The summed E-state index contributed by atoms with van der Waals surface area (Å²) >= 11 is 4.37. The van der Waals surface area contributed by atoms with E-state index in [0.717, 1.165) is 82.8 Å². The minimum atomic E-state index is -1.95. The second kappa shape index (κ2) is 25.0. The Bertz CT molecular complexity index is 4040. The summed E-state index contributed by atoms with van der Waals surface area (Å²) in [5, 5.41) is 22.7. The van der Waals surface area contributed by atoms with Gasteiger partial charge >= 0.3 is 0 Å². The van der Waals surface area contributed by atoms with Gasteiger partial charge in [-0.3, -0.25) is 28.8 Å². The Morgan fingerprint density at radius 2 is 0.648 bits per heavy atom. The fraction of sp³-hybridized carbons (Fsp3) is 0.143. The number of aromatic nitrogens is 3. The first-order chi connectivity index (χ1) is 42.6. The fourth-order valence-corrected chi connectivity index (χ4v) is 13.4. The average Bonchev–Trinajstić information content (AvgIpc) is 2.32. The number of anilines is 3. The Morgan fingerprint density at radius 3 is 0.909 bits per heavy atom. The summed E-state index contributed by atoms with van der Waals surface area (Å²) in [7, 11) is 0. The molecule has 6 aromatic carbocycles. The highest BCUT2D eigenvalue weighted by molar-refractivity contribution is 7.08. The number of nitrogens with two attached hydrogens (primary N) is 3. The summed E-state index contributed by atoms with van der Waals surface area (Å²) in [6, 6.07) is 50.2. The van der Waals surface area contributed by atoms with E-state index >= 15 is 0 Å². The molecule has 6 heterocycles. The van der Waals surface area contributed by atoms with Gasteiger partial charge in [0.05, 0.1) is 0 Å². The lowest BCUT2D eigenvalue weighted by molar-refractivity contribution is -0.134. The molecule has 18 heteroatoms. The number of aromatic amines is 3. The summed E-state index contributed by atoms with van der Waals surface area (Å²) in [6.45, 7) is 0. The van der Waals surface area contributed by atoms with Gasteiger partial charge in [0.15, 0.2) is 34.0 Å². The topological polar surface area (TPSA) is 264 Å². The number of fused-ring (bicyclic) bond motifs is 3. The molecule has 6 aromatic heterocycles. The van der Waals surface area contributed by atoms with E-state index in [4.69, 9.17) is 17.2 Å². The van der Waals surface area contributed by atoms with Crippen molar-refractivity contribution in [1.29, 1.82) is 0 Å². The number of hydrogen-bond acceptors (Lipinski definition) is 12. The summed E-state index contributed by atoms with van der Waals surface area (Å²) in [6.07, 6.45) is 5.10. The van der Waals surface area contributed by atoms with Crippen LogP contribution in [0.4, 0.5) is 17.1 Å². The molecule has 12 aromatic rings. The number of amides is 3. The zero-order valence-electron chi connectivity index (χ0n) is 47.5. The van der Waals surface area contributed by atoms with Crippen molar-refractivity contribution in [2.75, 3.05) is 16.0 Å². The highest BCUT2D eigenvalue weighted by Gasteiger charge is 2.45. The van der Waals surface area contributed by atoms with Crippen molar-refractivity contribution in [3.63, 3.8) is 0 Å². The average molecular weight is 1220 g/mol. The number of nitrogens with one attached hydrogen (secondary N) is 6. The number of H-pyrrole nitrogens is 3. The monoisotopic (exact) mass is 1220 g/mol. The van der Waals surface area contributed by atoms with Crippen LogP contribution in [0.2, 0.25) is 0 Å². The molecule has 0 saturated heterocycles. The Morgan fingerprint density at radius 1 is 0.375 bits per heavy atom. The summed E-state index contributed by atoms with van der Waals surface area (Å²) in [5.74, 6) is -3.78. The number of thiophene rings is 3. The number of rotatable bonds is 24. The third-order valence-corrected chi connectivity index (χ3v) is 18.7. The predicted molar refractivity (Wildman–Crippen MR) is 352 cm³/mol. The maximum absolute atomic E-state index is 14.6. The van der Waals surface area contributed by atoms with Gasteiger partial charge in [-0.25, -0.2) is 0 Å². The predicted octanol–water partition coefficient (Wildman–Crippen LogP) is 11.6. The lowest BCUT2D eigenvalue weighted by Crippen LogP contribution is -2.59. The molecular weight excluding hydrogens is 1160 g/mol. The molecule has 0 bridgehead atoms. The lowest BCUT2D eigenvalue weighted by Gasteiger charge is -2.27. The summed E-state index contributed by atoms with van der Waals surface area (Å²) in [5.41, 5.74) is 25.8. The maximum atomic E-state index is 14.6. The van der Waals surface area contributed by atoms with E-state index in [-0.39, 0.29) is 38.5 Å². The number of ketones is 3. The molecule has 88 heavy (non-hydrogen) atoms. The van der Waals surface area contributed by atoms with Crippen LogP contribution in [0.5, 0.6) is 0 Å². The van der Waals surface area contributed by atoms with E-state index in [0.29, 0.717) is 17.1 Å². The van der Waals surface area contributed by atoms with Gasteiger partial charge in [0.25, 0.3) is 17.7 Å². The van der Waals surface area contributed by atoms with Gasteiger partial charge in [-0.05, 0) is 155 Å². The van der Waals surface area contributed by atoms with Gasteiger partial charge < -0.3 is 48.1 Å². The van der Waals surface area contributed by atoms with Crippen molar-refractivity contribution in [2.24, 2.45) is 17.2 Å². The van der Waals surface area contributed by atoms with Crippen molar-refractivity contribution >= 4 is 119 Å². The maximum Gasteiger partial charge on any atom is 0.252 e. The third kappa shape index (κ3) is 12.2. The van der Waals surface area contributed by atoms with Crippen LogP contribution in [-0.2, 0) is 67.3 Å². The van der Waals surface area contributed by atoms with Crippen LogP contribution in [0, 0.1) is 0 Å². The van der Waals surface area contributed by atoms with Gasteiger partial charge in [0.1, 0.15) is 0 Å². The fourth-order valence-electron chi connectivity index (χ4n) is 11.4. The van der Waals surface area contributed by atoms with Gasteiger partial charge in [-0.2, -0.15) is 34.0 Å². The minimum absolute atomic E-state index is 0.0289. The molecule has 12 rings (SSSR count). The van der Waals surface area contributed by atoms with Crippen LogP contribution >= 0.6 is 34.0 Å². The number of Topliss-reactive ketones (excluding diaryl/α,β-unsaturated/α-hetero) is 3. The molecule has 0 fully saturated rings. The molecule has 0 radical (unpaired) electrons. The highest BCUT2D eigenvalue weighted by Crippen LogP contribution is 2.36. The summed E-state index contributed by atoms with van der Waals surface area (Å²) < 4.78 is 0. The smallest absolute Gasteiger partial charge is 0.252 e. The molecule has 0 aliphatic rings. The number of carbonyl (C=O) groups excluding carboxylic acids is 6. The molecule has 0 aliphatic heterocycles. The van der Waals surface area contributed by atoms with E-state index in [9.17, 15) is 28.8 Å². The zero-order chi connectivity index (χ0) is 61.0. The molecule has 3 amide bonds. The number of carbonyl (C=O) groups is 6. The van der Waals surface area contributed by atoms with Crippen LogP contribution in [0.15, 0.2) is 215 Å². The van der Waals surface area contributed by atoms with E-state index in [1.807, 2.05) is 160 Å². The zero-order valence-corrected chi connectivity index (χ0v) is 50.0.